The van der Waals surface area contributed by atoms with E-state index in [-0.39, 0.29) is 11.6 Å². The molecule has 0 bridgehead atoms. The van der Waals surface area contributed by atoms with Crippen molar-refractivity contribution in [1.29, 1.82) is 0 Å². The third-order valence-electron chi connectivity index (χ3n) is 2.83. The molecule has 22 heavy (non-hydrogen) atoms. The maximum Gasteiger partial charge on any atom is 0.257 e. The topological polar surface area (TPSA) is 29.1 Å². The van der Waals surface area contributed by atoms with Crippen molar-refractivity contribution in [2.24, 2.45) is 0 Å². The van der Waals surface area contributed by atoms with E-state index in [4.69, 9.17) is 11.6 Å². The molecule has 2 aromatic rings. The van der Waals surface area contributed by atoms with Gasteiger partial charge in [-0.3, -0.25) is 4.79 Å². The predicted octanol–water partition coefficient (Wildman–Crippen LogP) is 3.97. The highest BCUT2D eigenvalue weighted by molar-refractivity contribution is 6.31. The third kappa shape index (κ3) is 2.89. The van der Waals surface area contributed by atoms with Crippen LogP contribution in [0, 0.1) is 29.1 Å². The van der Waals surface area contributed by atoms with Crippen molar-refractivity contribution in [1.82, 2.24) is 5.32 Å². The summed E-state index contributed by atoms with van der Waals surface area (Å²) in [7, 11) is 0. The lowest BCUT2D eigenvalue weighted by molar-refractivity contribution is 0.0939. The van der Waals surface area contributed by atoms with E-state index in [1.165, 1.54) is 12.1 Å². The van der Waals surface area contributed by atoms with Gasteiger partial charge in [-0.15, -0.1) is 0 Å². The second kappa shape index (κ2) is 6.31. The molecule has 0 saturated heterocycles. The molecule has 0 heterocycles. The van der Waals surface area contributed by atoms with Crippen LogP contribution < -0.4 is 5.32 Å². The average molecular weight is 336 g/mol. The fourth-order valence-corrected chi connectivity index (χ4v) is 1.91. The first kappa shape index (κ1) is 16.2. The van der Waals surface area contributed by atoms with E-state index in [1.807, 2.05) is 0 Å². The fraction of sp³-hybridized carbons (Fsp3) is 0.0714. The van der Waals surface area contributed by atoms with Crippen molar-refractivity contribution in [3.05, 3.63) is 69.5 Å². The van der Waals surface area contributed by atoms with Gasteiger partial charge in [0.1, 0.15) is 5.56 Å². The molecule has 1 N–H and O–H groups in total. The summed E-state index contributed by atoms with van der Waals surface area (Å²) in [5, 5.41) is 2.33. The summed E-state index contributed by atoms with van der Waals surface area (Å²) in [4.78, 5) is 11.7. The Labute approximate surface area is 126 Å². The molecule has 0 radical (unpaired) electrons. The monoisotopic (exact) mass is 335 g/mol. The van der Waals surface area contributed by atoms with Crippen LogP contribution in [-0.4, -0.2) is 5.91 Å². The second-order valence-electron chi connectivity index (χ2n) is 4.22. The zero-order valence-corrected chi connectivity index (χ0v) is 11.4. The number of amides is 1. The first-order valence-electron chi connectivity index (χ1n) is 5.87. The van der Waals surface area contributed by atoms with Crippen LogP contribution in [0.25, 0.3) is 0 Å². The lowest BCUT2D eigenvalue weighted by atomic mass is 10.1. The SMILES string of the molecule is O=C(NCc1ccccc1Cl)c1c(F)c(F)c(F)c(F)c1F. The minimum absolute atomic E-state index is 0.238. The number of rotatable bonds is 3. The van der Waals surface area contributed by atoms with E-state index in [0.29, 0.717) is 5.56 Å². The molecule has 0 fully saturated rings. The van der Waals surface area contributed by atoms with Crippen LogP contribution in [0.4, 0.5) is 22.0 Å². The van der Waals surface area contributed by atoms with E-state index in [2.05, 4.69) is 5.32 Å². The second-order valence-corrected chi connectivity index (χ2v) is 4.63. The zero-order chi connectivity index (χ0) is 16.4. The molecule has 0 unspecified atom stereocenters. The Morgan fingerprint density at radius 1 is 0.909 bits per heavy atom. The maximum atomic E-state index is 13.5. The maximum absolute atomic E-state index is 13.5. The molecule has 0 aliphatic rings. The molecule has 0 aliphatic carbocycles. The van der Waals surface area contributed by atoms with Gasteiger partial charge in [0.2, 0.25) is 5.82 Å². The van der Waals surface area contributed by atoms with Gasteiger partial charge in [0.15, 0.2) is 23.3 Å². The van der Waals surface area contributed by atoms with E-state index >= 15 is 0 Å². The summed E-state index contributed by atoms with van der Waals surface area (Å²) in [6.07, 6.45) is 0. The molecular formula is C14H7ClF5NO. The highest BCUT2D eigenvalue weighted by atomic mass is 35.5. The molecule has 0 atom stereocenters. The lowest BCUT2D eigenvalue weighted by Crippen LogP contribution is -2.26. The molecule has 2 aromatic carbocycles. The van der Waals surface area contributed by atoms with Gasteiger partial charge in [0.25, 0.3) is 5.91 Å². The van der Waals surface area contributed by atoms with Crippen LogP contribution >= 0.6 is 11.6 Å². The molecule has 0 saturated carbocycles. The first-order valence-corrected chi connectivity index (χ1v) is 6.25. The number of halogens is 6. The Bertz CT molecular complexity index is 721. The number of hydrogen-bond donors (Lipinski definition) is 1. The Morgan fingerprint density at radius 2 is 1.41 bits per heavy atom. The highest BCUT2D eigenvalue weighted by Gasteiger charge is 2.29. The molecule has 116 valence electrons. The molecule has 8 heteroatoms. The van der Waals surface area contributed by atoms with Gasteiger partial charge in [-0.05, 0) is 11.6 Å². The van der Waals surface area contributed by atoms with E-state index in [1.54, 1.807) is 12.1 Å². The summed E-state index contributed by atoms with van der Waals surface area (Å²) >= 11 is 5.82. The van der Waals surface area contributed by atoms with Gasteiger partial charge in [0, 0.05) is 11.6 Å². The summed E-state index contributed by atoms with van der Waals surface area (Å²) < 4.78 is 65.8. The average Bonchev–Trinajstić information content (AvgIpc) is 2.50. The van der Waals surface area contributed by atoms with Gasteiger partial charge in [-0.2, -0.15) is 0 Å². The number of carbonyl (C=O) groups is 1. The number of carbonyl (C=O) groups excluding carboxylic acids is 1. The predicted molar refractivity (Wildman–Crippen MR) is 68.9 cm³/mol. The van der Waals surface area contributed by atoms with Crippen LogP contribution in [0.15, 0.2) is 24.3 Å². The largest absolute Gasteiger partial charge is 0.348 e. The summed E-state index contributed by atoms with van der Waals surface area (Å²) in [6, 6.07) is 6.27. The van der Waals surface area contributed by atoms with E-state index in [9.17, 15) is 26.7 Å². The third-order valence-corrected chi connectivity index (χ3v) is 3.20. The van der Waals surface area contributed by atoms with Crippen LogP contribution in [0.1, 0.15) is 15.9 Å². The highest BCUT2D eigenvalue weighted by Crippen LogP contribution is 2.23. The van der Waals surface area contributed by atoms with Crippen LogP contribution in [0.5, 0.6) is 0 Å². The number of nitrogens with one attached hydrogen (secondary N) is 1. The number of benzene rings is 2. The van der Waals surface area contributed by atoms with Gasteiger partial charge in [-0.25, -0.2) is 22.0 Å². The minimum atomic E-state index is -2.32. The normalized spacial score (nSPS) is 10.6. The van der Waals surface area contributed by atoms with Crippen molar-refractivity contribution in [3.8, 4) is 0 Å². The summed E-state index contributed by atoms with van der Waals surface area (Å²) in [5.74, 6) is -12.5. The standard InChI is InChI=1S/C14H7ClF5NO/c15-7-4-2-1-3-6(7)5-21-14(22)8-9(16)11(18)13(20)12(19)10(8)17/h1-4H,5H2,(H,21,22). The quantitative estimate of drug-likeness (QED) is 0.513. The van der Waals surface area contributed by atoms with Gasteiger partial charge >= 0.3 is 0 Å². The Balaban J connectivity index is 2.29. The van der Waals surface area contributed by atoms with E-state index in [0.717, 1.165) is 0 Å². The van der Waals surface area contributed by atoms with Crippen molar-refractivity contribution in [3.63, 3.8) is 0 Å². The molecule has 0 aliphatic heterocycles. The zero-order valence-electron chi connectivity index (χ0n) is 10.7. The lowest BCUT2D eigenvalue weighted by Gasteiger charge is -2.10. The van der Waals surface area contributed by atoms with E-state index < -0.39 is 40.6 Å². The van der Waals surface area contributed by atoms with Crippen LogP contribution in [0.3, 0.4) is 0 Å². The summed E-state index contributed by atoms with van der Waals surface area (Å²) in [5.41, 5.74) is -1.12. The van der Waals surface area contributed by atoms with Gasteiger partial charge in [0.05, 0.1) is 0 Å². The Hall–Kier alpha value is -2.15. The van der Waals surface area contributed by atoms with Gasteiger partial charge in [-0.1, -0.05) is 29.8 Å². The molecule has 0 spiro atoms. The summed E-state index contributed by atoms with van der Waals surface area (Å²) in [6.45, 7) is -0.238. The Kier molecular flexibility index (Phi) is 4.65. The van der Waals surface area contributed by atoms with Crippen molar-refractivity contribution in [2.75, 3.05) is 0 Å². The van der Waals surface area contributed by atoms with Crippen molar-refractivity contribution < 1.29 is 26.7 Å². The fourth-order valence-electron chi connectivity index (χ4n) is 1.71. The van der Waals surface area contributed by atoms with Crippen molar-refractivity contribution in [2.45, 2.75) is 6.54 Å². The van der Waals surface area contributed by atoms with Crippen molar-refractivity contribution >= 4 is 17.5 Å². The van der Waals surface area contributed by atoms with Gasteiger partial charge < -0.3 is 5.32 Å². The molecule has 2 rings (SSSR count). The first-order chi connectivity index (χ1) is 10.3. The molecule has 2 nitrogen and oxygen atoms in total. The Morgan fingerprint density at radius 3 is 1.95 bits per heavy atom. The molecule has 1 amide bonds. The number of hydrogen-bond acceptors (Lipinski definition) is 1. The van der Waals surface area contributed by atoms with Crippen LogP contribution in [-0.2, 0) is 6.54 Å². The molecule has 0 aromatic heterocycles. The molecular weight excluding hydrogens is 329 g/mol. The van der Waals surface area contributed by atoms with Crippen LogP contribution in [0.2, 0.25) is 5.02 Å². The smallest absolute Gasteiger partial charge is 0.257 e. The minimum Gasteiger partial charge on any atom is -0.348 e.